The minimum atomic E-state index is -0.338. The van der Waals surface area contributed by atoms with Crippen LogP contribution in [0.1, 0.15) is 22.8 Å². The summed E-state index contributed by atoms with van der Waals surface area (Å²) in [6.45, 7) is 1.90. The summed E-state index contributed by atoms with van der Waals surface area (Å²) >= 11 is 1.58. The number of hydrogen-bond acceptors (Lipinski definition) is 4. The zero-order valence-corrected chi connectivity index (χ0v) is 12.5. The van der Waals surface area contributed by atoms with Gasteiger partial charge in [0.25, 0.3) is 0 Å². The maximum absolute atomic E-state index is 11.7. The van der Waals surface area contributed by atoms with Gasteiger partial charge in [0.1, 0.15) is 0 Å². The normalized spacial score (nSPS) is 11.8. The van der Waals surface area contributed by atoms with Gasteiger partial charge in [-0.05, 0) is 24.6 Å². The fourth-order valence-corrected chi connectivity index (χ4v) is 2.50. The van der Waals surface area contributed by atoms with Gasteiger partial charge in [-0.1, -0.05) is 12.1 Å². The summed E-state index contributed by atoms with van der Waals surface area (Å²) in [4.78, 5) is 24.6. The molecule has 0 aromatic heterocycles. The van der Waals surface area contributed by atoms with E-state index in [1.807, 2.05) is 19.1 Å². The lowest BCUT2D eigenvalue weighted by atomic mass is 10.1. The van der Waals surface area contributed by atoms with Gasteiger partial charge in [-0.25, -0.2) is 4.79 Å². The largest absolute Gasteiger partial charge is 0.465 e. The zero-order chi connectivity index (χ0) is 14.4. The molecule has 0 unspecified atom stereocenters. The van der Waals surface area contributed by atoms with Crippen molar-refractivity contribution in [2.45, 2.75) is 17.9 Å². The van der Waals surface area contributed by atoms with E-state index in [0.29, 0.717) is 5.56 Å². The van der Waals surface area contributed by atoms with Crippen LogP contribution < -0.4 is 0 Å². The molecular weight excluding hydrogens is 262 g/mol. The highest BCUT2D eigenvalue weighted by atomic mass is 32.2. The molecule has 0 aliphatic heterocycles. The summed E-state index contributed by atoms with van der Waals surface area (Å²) in [7, 11) is 4.87. The van der Waals surface area contributed by atoms with Crippen molar-refractivity contribution in [3.63, 3.8) is 0 Å². The Bertz CT molecular complexity index is 443. The number of ether oxygens (including phenoxy) is 1. The van der Waals surface area contributed by atoms with E-state index in [2.05, 4.69) is 4.74 Å². The second-order valence-electron chi connectivity index (χ2n) is 4.37. The van der Waals surface area contributed by atoms with Crippen molar-refractivity contribution in [2.24, 2.45) is 0 Å². The average molecular weight is 281 g/mol. The second-order valence-corrected chi connectivity index (χ2v) is 5.70. The lowest BCUT2D eigenvalue weighted by Gasteiger charge is -2.16. The summed E-state index contributed by atoms with van der Waals surface area (Å²) < 4.78 is 4.64. The number of benzene rings is 1. The fraction of sp³-hybridized carbons (Fsp3) is 0.429. The molecule has 0 aliphatic carbocycles. The number of nitrogens with zero attached hydrogens (tertiary/aromatic N) is 1. The number of carbonyl (C=O) groups is 2. The van der Waals surface area contributed by atoms with E-state index in [4.69, 9.17) is 0 Å². The Hall–Kier alpha value is -1.49. The molecule has 104 valence electrons. The maximum Gasteiger partial charge on any atom is 0.337 e. The monoisotopic (exact) mass is 281 g/mol. The van der Waals surface area contributed by atoms with E-state index in [9.17, 15) is 9.59 Å². The first-order valence-electron chi connectivity index (χ1n) is 5.95. The van der Waals surface area contributed by atoms with Gasteiger partial charge in [0.2, 0.25) is 5.91 Å². The number of thioether (sulfide) groups is 1. The van der Waals surface area contributed by atoms with Crippen LogP contribution in [0.25, 0.3) is 0 Å². The number of rotatable bonds is 5. The van der Waals surface area contributed by atoms with Gasteiger partial charge in [-0.3, -0.25) is 4.79 Å². The first kappa shape index (κ1) is 15.6. The van der Waals surface area contributed by atoms with Crippen LogP contribution in [0.15, 0.2) is 24.3 Å². The highest BCUT2D eigenvalue weighted by molar-refractivity contribution is 7.99. The number of hydrogen-bond donors (Lipinski definition) is 0. The minimum Gasteiger partial charge on any atom is -0.465 e. The Kier molecular flexibility index (Phi) is 5.89. The Morgan fingerprint density at radius 2 is 1.84 bits per heavy atom. The van der Waals surface area contributed by atoms with Crippen LogP contribution in [0.3, 0.4) is 0 Å². The van der Waals surface area contributed by atoms with E-state index >= 15 is 0 Å². The van der Waals surface area contributed by atoms with Gasteiger partial charge in [-0.15, -0.1) is 11.8 Å². The smallest absolute Gasteiger partial charge is 0.337 e. The SMILES string of the molecule is COC(=O)c1ccc(CS[C@H](C)C(=O)N(C)C)cc1. The Balaban J connectivity index is 2.55. The van der Waals surface area contributed by atoms with Crippen LogP contribution in [0.4, 0.5) is 0 Å². The van der Waals surface area contributed by atoms with E-state index in [1.165, 1.54) is 7.11 Å². The molecule has 5 heteroatoms. The lowest BCUT2D eigenvalue weighted by Crippen LogP contribution is -2.29. The number of carbonyl (C=O) groups excluding carboxylic acids is 2. The van der Waals surface area contributed by atoms with Crippen molar-refractivity contribution in [2.75, 3.05) is 21.2 Å². The highest BCUT2D eigenvalue weighted by Gasteiger charge is 2.15. The van der Waals surface area contributed by atoms with E-state index in [-0.39, 0.29) is 17.1 Å². The molecule has 1 amide bonds. The summed E-state index contributed by atoms with van der Waals surface area (Å²) in [5.74, 6) is 0.508. The molecule has 0 N–H and O–H groups in total. The third kappa shape index (κ3) is 4.59. The fourth-order valence-electron chi connectivity index (χ4n) is 1.51. The molecule has 1 aromatic rings. The van der Waals surface area contributed by atoms with Crippen LogP contribution in [-0.2, 0) is 15.3 Å². The predicted octanol–water partition coefficient (Wildman–Crippen LogP) is 2.18. The molecule has 4 nitrogen and oxygen atoms in total. The third-order valence-corrected chi connectivity index (χ3v) is 3.87. The predicted molar refractivity (Wildman–Crippen MR) is 77.2 cm³/mol. The molecule has 19 heavy (non-hydrogen) atoms. The molecule has 0 bridgehead atoms. The third-order valence-electron chi connectivity index (χ3n) is 2.66. The zero-order valence-electron chi connectivity index (χ0n) is 11.7. The van der Waals surface area contributed by atoms with Gasteiger partial charge < -0.3 is 9.64 Å². The van der Waals surface area contributed by atoms with Crippen LogP contribution in [0.5, 0.6) is 0 Å². The lowest BCUT2D eigenvalue weighted by molar-refractivity contribution is -0.127. The molecular formula is C14H19NO3S. The van der Waals surface area contributed by atoms with Crippen LogP contribution in [0, 0.1) is 0 Å². The first-order chi connectivity index (χ1) is 8.95. The topological polar surface area (TPSA) is 46.6 Å². The summed E-state index contributed by atoms with van der Waals surface area (Å²) in [6.07, 6.45) is 0. The molecule has 0 heterocycles. The van der Waals surface area contributed by atoms with Crippen molar-refractivity contribution in [3.8, 4) is 0 Å². The molecule has 1 atom stereocenters. The van der Waals surface area contributed by atoms with Crippen molar-refractivity contribution < 1.29 is 14.3 Å². The first-order valence-corrected chi connectivity index (χ1v) is 7.00. The summed E-state index contributed by atoms with van der Waals surface area (Å²) in [5.41, 5.74) is 1.62. The van der Waals surface area contributed by atoms with Gasteiger partial charge in [0, 0.05) is 19.8 Å². The van der Waals surface area contributed by atoms with Crippen molar-refractivity contribution in [3.05, 3.63) is 35.4 Å². The van der Waals surface area contributed by atoms with Crippen molar-refractivity contribution >= 4 is 23.6 Å². The molecule has 1 aromatic carbocycles. The molecule has 0 fully saturated rings. The Morgan fingerprint density at radius 1 is 1.26 bits per heavy atom. The Labute approximate surface area is 118 Å². The van der Waals surface area contributed by atoms with Gasteiger partial charge in [0.15, 0.2) is 0 Å². The number of amides is 1. The van der Waals surface area contributed by atoms with Gasteiger partial charge >= 0.3 is 5.97 Å². The standard InChI is InChI=1S/C14H19NO3S/c1-10(13(16)15(2)3)19-9-11-5-7-12(8-6-11)14(17)18-4/h5-8,10H,9H2,1-4H3/t10-/m1/s1. The summed E-state index contributed by atoms with van der Waals surface area (Å²) in [5, 5.41) is -0.0738. The van der Waals surface area contributed by atoms with Crippen LogP contribution in [-0.4, -0.2) is 43.2 Å². The van der Waals surface area contributed by atoms with Crippen LogP contribution >= 0.6 is 11.8 Å². The molecule has 0 aliphatic rings. The summed E-state index contributed by atoms with van der Waals surface area (Å²) in [6, 6.07) is 7.23. The average Bonchev–Trinajstić information content (AvgIpc) is 2.43. The van der Waals surface area contributed by atoms with E-state index in [0.717, 1.165) is 11.3 Å². The quantitative estimate of drug-likeness (QED) is 0.776. The Morgan fingerprint density at radius 3 is 2.32 bits per heavy atom. The minimum absolute atomic E-state index is 0.0738. The molecule has 0 radical (unpaired) electrons. The molecule has 0 spiro atoms. The van der Waals surface area contributed by atoms with Crippen molar-refractivity contribution in [1.29, 1.82) is 0 Å². The molecule has 0 saturated heterocycles. The van der Waals surface area contributed by atoms with E-state index in [1.54, 1.807) is 42.9 Å². The number of methoxy groups -OCH3 is 1. The van der Waals surface area contributed by atoms with Crippen molar-refractivity contribution in [1.82, 2.24) is 4.90 Å². The van der Waals surface area contributed by atoms with Crippen LogP contribution in [0.2, 0.25) is 0 Å². The van der Waals surface area contributed by atoms with Gasteiger partial charge in [0.05, 0.1) is 17.9 Å². The van der Waals surface area contributed by atoms with Gasteiger partial charge in [-0.2, -0.15) is 0 Å². The second kappa shape index (κ2) is 7.19. The molecule has 0 saturated carbocycles. The molecule has 1 rings (SSSR count). The maximum atomic E-state index is 11.7. The number of esters is 1. The highest BCUT2D eigenvalue weighted by Crippen LogP contribution is 2.19. The van der Waals surface area contributed by atoms with E-state index < -0.39 is 0 Å².